The van der Waals surface area contributed by atoms with Crippen molar-refractivity contribution in [3.05, 3.63) is 54.1 Å². The Balaban J connectivity index is 1.30. The summed E-state index contributed by atoms with van der Waals surface area (Å²) in [5, 5.41) is 2.93. The second-order valence-corrected chi connectivity index (χ2v) is 10.2. The monoisotopic (exact) mass is 536 g/mol. The van der Waals surface area contributed by atoms with E-state index in [2.05, 4.69) is 10.2 Å². The lowest BCUT2D eigenvalue weighted by Crippen LogP contribution is -2.57. The van der Waals surface area contributed by atoms with Crippen molar-refractivity contribution in [2.75, 3.05) is 58.6 Å². The summed E-state index contributed by atoms with van der Waals surface area (Å²) < 4.78 is 16.3. The molecule has 10 heteroatoms. The number of anilines is 1. The molecule has 5 rings (SSSR count). The number of amides is 3. The minimum atomic E-state index is -0.822. The average molecular weight is 537 g/mol. The number of piperidine rings is 1. The predicted octanol–water partition coefficient (Wildman–Crippen LogP) is 2.28. The van der Waals surface area contributed by atoms with Crippen LogP contribution in [0.5, 0.6) is 11.5 Å². The molecule has 208 valence electrons. The van der Waals surface area contributed by atoms with Crippen LogP contribution in [0, 0.1) is 0 Å². The number of likely N-dealkylation sites (tertiary alicyclic amines) is 1. The number of carbonyl (C=O) groups excluding carboxylic acids is 3. The second kappa shape index (κ2) is 11.5. The SMILES string of the molecule is COc1ccc(C(=O)N2CCC3(CC2)C(=O)N(CC(=O)NC[C@H]2CCCO2)CN3c2ccccc2)c(OC)c1. The molecule has 39 heavy (non-hydrogen) atoms. The number of ether oxygens (including phenoxy) is 3. The van der Waals surface area contributed by atoms with Gasteiger partial charge < -0.3 is 34.2 Å². The maximum Gasteiger partial charge on any atom is 0.257 e. The molecule has 3 amide bonds. The lowest BCUT2D eigenvalue weighted by molar-refractivity contribution is -0.137. The molecule has 3 saturated heterocycles. The van der Waals surface area contributed by atoms with E-state index in [1.807, 2.05) is 30.3 Å². The van der Waals surface area contributed by atoms with E-state index >= 15 is 0 Å². The molecule has 0 aliphatic carbocycles. The van der Waals surface area contributed by atoms with Crippen molar-refractivity contribution in [3.8, 4) is 11.5 Å². The summed E-state index contributed by atoms with van der Waals surface area (Å²) in [7, 11) is 3.09. The molecule has 0 bridgehead atoms. The van der Waals surface area contributed by atoms with Gasteiger partial charge in [0.1, 0.15) is 23.6 Å². The van der Waals surface area contributed by atoms with Crippen LogP contribution < -0.4 is 19.7 Å². The maximum atomic E-state index is 13.9. The van der Waals surface area contributed by atoms with Crippen LogP contribution in [0.1, 0.15) is 36.0 Å². The molecule has 3 aliphatic heterocycles. The van der Waals surface area contributed by atoms with Gasteiger partial charge in [0.25, 0.3) is 11.8 Å². The maximum absolute atomic E-state index is 13.9. The molecule has 0 saturated carbocycles. The van der Waals surface area contributed by atoms with Gasteiger partial charge in [0.15, 0.2) is 0 Å². The van der Waals surface area contributed by atoms with Crippen molar-refractivity contribution >= 4 is 23.4 Å². The van der Waals surface area contributed by atoms with Gasteiger partial charge >= 0.3 is 0 Å². The van der Waals surface area contributed by atoms with E-state index in [4.69, 9.17) is 14.2 Å². The highest BCUT2D eigenvalue weighted by atomic mass is 16.5. The Hall–Kier alpha value is -3.79. The van der Waals surface area contributed by atoms with Crippen LogP contribution in [0.2, 0.25) is 0 Å². The number of hydrogen-bond donors (Lipinski definition) is 1. The first-order valence-electron chi connectivity index (χ1n) is 13.5. The topological polar surface area (TPSA) is 101 Å². The lowest BCUT2D eigenvalue weighted by Gasteiger charge is -2.43. The van der Waals surface area contributed by atoms with E-state index in [-0.39, 0.29) is 30.4 Å². The van der Waals surface area contributed by atoms with E-state index in [0.717, 1.165) is 25.1 Å². The van der Waals surface area contributed by atoms with Gasteiger partial charge in [-0.15, -0.1) is 0 Å². The number of carbonyl (C=O) groups is 3. The van der Waals surface area contributed by atoms with E-state index in [0.29, 0.717) is 56.2 Å². The molecule has 10 nitrogen and oxygen atoms in total. The summed E-state index contributed by atoms with van der Waals surface area (Å²) in [6.45, 7) is 2.30. The Kier molecular flexibility index (Phi) is 7.92. The van der Waals surface area contributed by atoms with Crippen LogP contribution in [0.4, 0.5) is 5.69 Å². The van der Waals surface area contributed by atoms with Gasteiger partial charge in [-0.05, 0) is 49.9 Å². The highest BCUT2D eigenvalue weighted by Crippen LogP contribution is 2.40. The highest BCUT2D eigenvalue weighted by Gasteiger charge is 2.54. The quantitative estimate of drug-likeness (QED) is 0.553. The number of nitrogens with one attached hydrogen (secondary N) is 1. The fraction of sp³-hybridized carbons (Fsp3) is 0.483. The summed E-state index contributed by atoms with van der Waals surface area (Å²) in [6.07, 6.45) is 2.90. The molecule has 1 N–H and O–H groups in total. The zero-order valence-corrected chi connectivity index (χ0v) is 22.6. The van der Waals surface area contributed by atoms with Crippen LogP contribution in [-0.2, 0) is 14.3 Å². The molecule has 3 aliphatic rings. The lowest BCUT2D eigenvalue weighted by atomic mass is 9.85. The molecule has 1 atom stereocenters. The van der Waals surface area contributed by atoms with Gasteiger partial charge in [-0.25, -0.2) is 0 Å². The van der Waals surface area contributed by atoms with Crippen molar-refractivity contribution in [2.24, 2.45) is 0 Å². The van der Waals surface area contributed by atoms with Crippen molar-refractivity contribution < 1.29 is 28.6 Å². The number of benzene rings is 2. The van der Waals surface area contributed by atoms with E-state index in [1.54, 1.807) is 35.1 Å². The van der Waals surface area contributed by atoms with Gasteiger partial charge in [-0.3, -0.25) is 14.4 Å². The van der Waals surface area contributed by atoms with E-state index < -0.39 is 5.54 Å². The standard InChI is InChI=1S/C29H36N4O6/c1-37-22-10-11-24(25(17-22)38-2)27(35)31-14-12-29(13-15-31)28(36)32(20-33(29)21-7-4-3-5-8-21)19-26(34)30-18-23-9-6-16-39-23/h3-5,7-8,10-11,17,23H,6,9,12-16,18-20H2,1-2H3,(H,30,34)/t23-/m1/s1. The van der Waals surface area contributed by atoms with Crippen LogP contribution in [0.3, 0.4) is 0 Å². The van der Waals surface area contributed by atoms with Crippen molar-refractivity contribution in [1.29, 1.82) is 0 Å². The Bertz CT molecular complexity index is 1190. The second-order valence-electron chi connectivity index (χ2n) is 10.2. The zero-order chi connectivity index (χ0) is 27.4. The van der Waals surface area contributed by atoms with Crippen LogP contribution in [0.25, 0.3) is 0 Å². The number of para-hydroxylation sites is 1. The third-order valence-corrected chi connectivity index (χ3v) is 7.98. The Labute approximate surface area is 228 Å². The molecule has 3 heterocycles. The number of rotatable bonds is 8. The molecule has 0 aromatic heterocycles. The largest absolute Gasteiger partial charge is 0.497 e. The molecular formula is C29H36N4O6. The van der Waals surface area contributed by atoms with Gasteiger partial charge in [-0.2, -0.15) is 0 Å². The first-order chi connectivity index (χ1) is 18.9. The summed E-state index contributed by atoms with van der Waals surface area (Å²) in [4.78, 5) is 45.6. The molecule has 2 aromatic rings. The Morgan fingerprint density at radius 1 is 1.08 bits per heavy atom. The normalized spacial score (nSPS) is 20.4. The van der Waals surface area contributed by atoms with Gasteiger partial charge in [0.2, 0.25) is 5.91 Å². The minimum absolute atomic E-state index is 0.0116. The van der Waals surface area contributed by atoms with Crippen LogP contribution >= 0.6 is 0 Å². The third-order valence-electron chi connectivity index (χ3n) is 7.98. The Morgan fingerprint density at radius 3 is 2.51 bits per heavy atom. The third kappa shape index (κ3) is 5.38. The number of hydrogen-bond acceptors (Lipinski definition) is 7. The van der Waals surface area contributed by atoms with Crippen molar-refractivity contribution in [2.45, 2.75) is 37.3 Å². The summed E-state index contributed by atoms with van der Waals surface area (Å²) in [5.74, 6) is 0.640. The Morgan fingerprint density at radius 2 is 1.85 bits per heavy atom. The van der Waals surface area contributed by atoms with Crippen molar-refractivity contribution in [1.82, 2.24) is 15.1 Å². The zero-order valence-electron chi connectivity index (χ0n) is 22.6. The van der Waals surface area contributed by atoms with Crippen molar-refractivity contribution in [3.63, 3.8) is 0 Å². The van der Waals surface area contributed by atoms with Crippen LogP contribution in [-0.4, -0.2) is 92.8 Å². The first-order valence-corrected chi connectivity index (χ1v) is 13.5. The fourth-order valence-corrected chi connectivity index (χ4v) is 5.81. The van der Waals surface area contributed by atoms with E-state index in [9.17, 15) is 14.4 Å². The summed E-state index contributed by atoms with van der Waals surface area (Å²) in [6, 6.07) is 14.9. The summed E-state index contributed by atoms with van der Waals surface area (Å²) >= 11 is 0. The van der Waals surface area contributed by atoms with Gasteiger partial charge in [0, 0.05) is 38.0 Å². The molecule has 3 fully saturated rings. The molecule has 0 unspecified atom stereocenters. The average Bonchev–Trinajstić information content (AvgIpc) is 3.59. The highest BCUT2D eigenvalue weighted by molar-refractivity contribution is 5.99. The molecule has 0 radical (unpaired) electrons. The number of nitrogens with zero attached hydrogens (tertiary/aromatic N) is 3. The number of methoxy groups -OCH3 is 2. The van der Waals surface area contributed by atoms with Gasteiger partial charge in [-0.1, -0.05) is 18.2 Å². The summed E-state index contributed by atoms with van der Waals surface area (Å²) in [5.41, 5.74) is 0.554. The first kappa shape index (κ1) is 26.8. The van der Waals surface area contributed by atoms with Crippen LogP contribution in [0.15, 0.2) is 48.5 Å². The van der Waals surface area contributed by atoms with E-state index in [1.165, 1.54) is 7.11 Å². The molecular weight excluding hydrogens is 500 g/mol. The molecule has 2 aromatic carbocycles. The fourth-order valence-electron chi connectivity index (χ4n) is 5.81. The molecule has 1 spiro atoms. The van der Waals surface area contributed by atoms with Gasteiger partial charge in [0.05, 0.1) is 32.6 Å². The predicted molar refractivity (Wildman–Crippen MR) is 145 cm³/mol. The smallest absolute Gasteiger partial charge is 0.257 e. The minimum Gasteiger partial charge on any atom is -0.497 e.